The maximum Gasteiger partial charge on any atom is 0.339 e. The molecule has 1 saturated heterocycles. The zero-order valence-electron chi connectivity index (χ0n) is 9.58. The van der Waals surface area contributed by atoms with Crippen molar-refractivity contribution in [1.82, 2.24) is 10.3 Å². The van der Waals surface area contributed by atoms with Crippen molar-refractivity contribution in [2.45, 2.75) is 25.7 Å². The molecule has 0 saturated carbocycles. The molecule has 2 N–H and O–H groups in total. The molecule has 0 amide bonds. The Labute approximate surface area is 95.4 Å². The number of carbonyl (C=O) groups excluding carboxylic acids is 1. The van der Waals surface area contributed by atoms with Crippen LogP contribution in [0.3, 0.4) is 0 Å². The van der Waals surface area contributed by atoms with Gasteiger partial charge in [0, 0.05) is 17.8 Å². The molecular weight excluding hydrogens is 204 g/mol. The third-order valence-electron chi connectivity index (χ3n) is 3.00. The normalized spacial score (nSPS) is 17.3. The molecule has 0 aliphatic carbocycles. The van der Waals surface area contributed by atoms with Gasteiger partial charge in [0.05, 0.1) is 12.2 Å². The maximum atomic E-state index is 11.5. The third-order valence-corrected chi connectivity index (χ3v) is 3.00. The van der Waals surface area contributed by atoms with Gasteiger partial charge in [0.2, 0.25) is 0 Å². The molecule has 16 heavy (non-hydrogen) atoms. The van der Waals surface area contributed by atoms with Crippen molar-refractivity contribution < 1.29 is 9.53 Å². The summed E-state index contributed by atoms with van der Waals surface area (Å²) in [6, 6.07) is 1.92. The largest absolute Gasteiger partial charge is 0.462 e. The molecule has 2 heterocycles. The Bertz CT molecular complexity index is 354. The minimum Gasteiger partial charge on any atom is -0.462 e. The zero-order valence-corrected chi connectivity index (χ0v) is 9.58. The van der Waals surface area contributed by atoms with E-state index in [0.29, 0.717) is 18.1 Å². The molecular formula is C12H18N2O2. The monoisotopic (exact) mass is 222 g/mol. The lowest BCUT2D eigenvalue weighted by Gasteiger charge is -2.21. The van der Waals surface area contributed by atoms with Crippen LogP contribution in [0.15, 0.2) is 12.3 Å². The second-order valence-corrected chi connectivity index (χ2v) is 4.09. The molecule has 0 bridgehead atoms. The number of aromatic amines is 1. The van der Waals surface area contributed by atoms with Crippen LogP contribution in [0.5, 0.6) is 0 Å². The maximum absolute atomic E-state index is 11.5. The molecule has 0 atom stereocenters. The second-order valence-electron chi connectivity index (χ2n) is 4.09. The minimum absolute atomic E-state index is 0.237. The summed E-state index contributed by atoms with van der Waals surface area (Å²) in [5.41, 5.74) is 1.79. The molecule has 1 fully saturated rings. The van der Waals surface area contributed by atoms with Crippen LogP contribution in [0, 0.1) is 0 Å². The number of carbonyl (C=O) groups is 1. The molecule has 0 spiro atoms. The molecule has 88 valence electrons. The highest BCUT2D eigenvalue weighted by molar-refractivity contribution is 5.89. The number of piperidine rings is 1. The van der Waals surface area contributed by atoms with Crippen molar-refractivity contribution >= 4 is 5.97 Å². The first-order valence-corrected chi connectivity index (χ1v) is 5.87. The Morgan fingerprint density at radius 2 is 2.25 bits per heavy atom. The highest BCUT2D eigenvalue weighted by Gasteiger charge is 2.18. The highest BCUT2D eigenvalue weighted by Crippen LogP contribution is 2.24. The number of aromatic nitrogens is 1. The van der Waals surface area contributed by atoms with Crippen LogP contribution in [-0.2, 0) is 4.74 Å². The minimum atomic E-state index is -0.237. The van der Waals surface area contributed by atoms with E-state index in [1.165, 1.54) is 0 Å². The van der Waals surface area contributed by atoms with Crippen LogP contribution in [0.2, 0.25) is 0 Å². The standard InChI is InChI=1S/C12H18N2O2/c1-2-16-12(15)10-7-11(14-8-10)9-3-5-13-6-4-9/h7-9,13-14H,2-6H2,1H3. The van der Waals surface area contributed by atoms with Gasteiger partial charge in [-0.1, -0.05) is 0 Å². The summed E-state index contributed by atoms with van der Waals surface area (Å²) >= 11 is 0. The number of H-pyrrole nitrogens is 1. The number of rotatable bonds is 3. The fourth-order valence-corrected chi connectivity index (χ4v) is 2.11. The smallest absolute Gasteiger partial charge is 0.339 e. The fourth-order valence-electron chi connectivity index (χ4n) is 2.11. The summed E-state index contributed by atoms with van der Waals surface area (Å²) < 4.78 is 4.96. The van der Waals surface area contributed by atoms with E-state index < -0.39 is 0 Å². The lowest BCUT2D eigenvalue weighted by molar-refractivity contribution is 0.0526. The first-order chi connectivity index (χ1) is 7.81. The van der Waals surface area contributed by atoms with Crippen molar-refractivity contribution in [3.8, 4) is 0 Å². The summed E-state index contributed by atoms with van der Waals surface area (Å²) in [4.78, 5) is 14.7. The fraction of sp³-hybridized carbons (Fsp3) is 0.583. The first-order valence-electron chi connectivity index (χ1n) is 5.87. The van der Waals surface area contributed by atoms with Crippen LogP contribution in [0.25, 0.3) is 0 Å². The Kier molecular flexibility index (Phi) is 3.62. The summed E-state index contributed by atoms with van der Waals surface area (Å²) in [5.74, 6) is 0.309. The number of hydrogen-bond acceptors (Lipinski definition) is 3. The van der Waals surface area contributed by atoms with Gasteiger partial charge in [-0.25, -0.2) is 4.79 Å². The van der Waals surface area contributed by atoms with Gasteiger partial charge in [0.1, 0.15) is 0 Å². The van der Waals surface area contributed by atoms with Crippen LogP contribution < -0.4 is 5.32 Å². The van der Waals surface area contributed by atoms with E-state index in [0.717, 1.165) is 31.6 Å². The van der Waals surface area contributed by atoms with E-state index in [1.807, 2.05) is 13.0 Å². The van der Waals surface area contributed by atoms with Crippen molar-refractivity contribution in [1.29, 1.82) is 0 Å². The Balaban J connectivity index is 2.03. The van der Waals surface area contributed by atoms with Gasteiger partial charge in [-0.05, 0) is 38.9 Å². The van der Waals surface area contributed by atoms with Crippen molar-refractivity contribution in [2.75, 3.05) is 19.7 Å². The van der Waals surface area contributed by atoms with Gasteiger partial charge in [-0.2, -0.15) is 0 Å². The number of nitrogens with one attached hydrogen (secondary N) is 2. The Morgan fingerprint density at radius 1 is 1.50 bits per heavy atom. The lowest BCUT2D eigenvalue weighted by Crippen LogP contribution is -2.26. The van der Waals surface area contributed by atoms with Crippen LogP contribution >= 0.6 is 0 Å². The predicted molar refractivity (Wildman–Crippen MR) is 61.6 cm³/mol. The predicted octanol–water partition coefficient (Wildman–Crippen LogP) is 1.66. The molecule has 4 heteroatoms. The quantitative estimate of drug-likeness (QED) is 0.765. The van der Waals surface area contributed by atoms with Gasteiger partial charge >= 0.3 is 5.97 Å². The molecule has 1 aliphatic rings. The van der Waals surface area contributed by atoms with Gasteiger partial charge in [-0.3, -0.25) is 0 Å². The second kappa shape index (κ2) is 5.16. The molecule has 0 radical (unpaired) electrons. The summed E-state index contributed by atoms with van der Waals surface area (Å²) in [7, 11) is 0. The van der Waals surface area contributed by atoms with Crippen molar-refractivity contribution in [3.05, 3.63) is 23.5 Å². The van der Waals surface area contributed by atoms with Crippen LogP contribution in [0.1, 0.15) is 41.7 Å². The van der Waals surface area contributed by atoms with E-state index >= 15 is 0 Å². The molecule has 0 aromatic carbocycles. The summed E-state index contributed by atoms with van der Waals surface area (Å²) in [6.07, 6.45) is 4.00. The van der Waals surface area contributed by atoms with Gasteiger partial charge in [0.25, 0.3) is 0 Å². The van der Waals surface area contributed by atoms with Crippen LogP contribution in [-0.4, -0.2) is 30.6 Å². The van der Waals surface area contributed by atoms with E-state index in [-0.39, 0.29) is 5.97 Å². The topological polar surface area (TPSA) is 54.1 Å². The summed E-state index contributed by atoms with van der Waals surface area (Å²) in [6.45, 7) is 4.35. The average Bonchev–Trinajstić information content (AvgIpc) is 2.80. The molecule has 0 unspecified atom stereocenters. The highest BCUT2D eigenvalue weighted by atomic mass is 16.5. The van der Waals surface area contributed by atoms with Gasteiger partial charge in [-0.15, -0.1) is 0 Å². The van der Waals surface area contributed by atoms with Crippen molar-refractivity contribution in [2.24, 2.45) is 0 Å². The Hall–Kier alpha value is -1.29. The molecule has 2 rings (SSSR count). The first kappa shape index (κ1) is 11.2. The third kappa shape index (κ3) is 2.44. The lowest BCUT2D eigenvalue weighted by atomic mass is 9.94. The summed E-state index contributed by atoms with van der Waals surface area (Å²) in [5, 5.41) is 3.33. The van der Waals surface area contributed by atoms with E-state index in [4.69, 9.17) is 4.74 Å². The average molecular weight is 222 g/mol. The molecule has 1 aromatic rings. The Morgan fingerprint density at radius 3 is 2.94 bits per heavy atom. The van der Waals surface area contributed by atoms with E-state index in [9.17, 15) is 4.79 Å². The van der Waals surface area contributed by atoms with E-state index in [1.54, 1.807) is 6.20 Å². The number of hydrogen-bond donors (Lipinski definition) is 2. The van der Waals surface area contributed by atoms with Gasteiger partial charge < -0.3 is 15.0 Å². The molecule has 1 aromatic heterocycles. The molecule has 1 aliphatic heterocycles. The van der Waals surface area contributed by atoms with Crippen LogP contribution in [0.4, 0.5) is 0 Å². The van der Waals surface area contributed by atoms with E-state index in [2.05, 4.69) is 10.3 Å². The molecule has 4 nitrogen and oxygen atoms in total. The van der Waals surface area contributed by atoms with Crippen molar-refractivity contribution in [3.63, 3.8) is 0 Å². The van der Waals surface area contributed by atoms with Gasteiger partial charge in [0.15, 0.2) is 0 Å². The zero-order chi connectivity index (χ0) is 11.4. The number of esters is 1. The number of ether oxygens (including phenoxy) is 1. The SMILES string of the molecule is CCOC(=O)c1c[nH]c(C2CCNCC2)c1.